The lowest BCUT2D eigenvalue weighted by Gasteiger charge is -2.19. The Morgan fingerprint density at radius 1 is 1.38 bits per heavy atom. The molecule has 84 valence electrons. The standard InChI is InChI=1S/C13H15NO2/c15-12-8-4-5-10(9-12)13(16)14-11-6-2-1-3-7-11/h1-2,4-5,8-9,11,15H,3,6-7H2,(H,14,16). The van der Waals surface area contributed by atoms with Gasteiger partial charge in [0, 0.05) is 11.6 Å². The number of allylic oxidation sites excluding steroid dienone is 1. The minimum absolute atomic E-state index is 0.115. The van der Waals surface area contributed by atoms with Crippen LogP contribution < -0.4 is 5.32 Å². The maximum atomic E-state index is 11.8. The van der Waals surface area contributed by atoms with Gasteiger partial charge in [-0.3, -0.25) is 4.79 Å². The van der Waals surface area contributed by atoms with Crippen LogP contribution in [-0.4, -0.2) is 17.1 Å². The van der Waals surface area contributed by atoms with Crippen LogP contribution in [0.5, 0.6) is 5.75 Å². The molecule has 0 heterocycles. The lowest BCUT2D eigenvalue weighted by molar-refractivity contribution is 0.0934. The summed E-state index contributed by atoms with van der Waals surface area (Å²) in [6.07, 6.45) is 7.13. The number of hydrogen-bond acceptors (Lipinski definition) is 2. The van der Waals surface area contributed by atoms with E-state index in [1.54, 1.807) is 18.2 Å². The van der Waals surface area contributed by atoms with E-state index in [1.807, 2.05) is 0 Å². The summed E-state index contributed by atoms with van der Waals surface area (Å²) in [6, 6.07) is 6.63. The number of amides is 1. The first-order chi connectivity index (χ1) is 7.75. The molecule has 3 heteroatoms. The number of benzene rings is 1. The van der Waals surface area contributed by atoms with Gasteiger partial charge in [0.25, 0.3) is 5.91 Å². The first-order valence-electron chi connectivity index (χ1n) is 5.50. The summed E-state index contributed by atoms with van der Waals surface area (Å²) in [4.78, 5) is 11.8. The van der Waals surface area contributed by atoms with E-state index in [0.717, 1.165) is 19.3 Å². The maximum Gasteiger partial charge on any atom is 0.251 e. The molecule has 0 radical (unpaired) electrons. The third kappa shape index (κ3) is 2.63. The summed E-state index contributed by atoms with van der Waals surface area (Å²) in [5.41, 5.74) is 0.509. The molecule has 1 aromatic rings. The molecule has 2 rings (SSSR count). The summed E-state index contributed by atoms with van der Waals surface area (Å²) in [7, 11) is 0. The predicted octanol–water partition coefficient (Wildman–Crippen LogP) is 2.23. The SMILES string of the molecule is O=C(NC1CC=CCC1)c1cccc(O)c1. The lowest BCUT2D eigenvalue weighted by Crippen LogP contribution is -2.35. The van der Waals surface area contributed by atoms with Gasteiger partial charge in [-0.15, -0.1) is 0 Å². The van der Waals surface area contributed by atoms with Crippen molar-refractivity contribution in [1.82, 2.24) is 5.32 Å². The van der Waals surface area contributed by atoms with Crippen molar-refractivity contribution >= 4 is 5.91 Å². The number of nitrogens with one attached hydrogen (secondary N) is 1. The van der Waals surface area contributed by atoms with Crippen LogP contribution in [0.2, 0.25) is 0 Å². The van der Waals surface area contributed by atoms with E-state index in [9.17, 15) is 9.90 Å². The fraction of sp³-hybridized carbons (Fsp3) is 0.308. The molecule has 1 unspecified atom stereocenters. The van der Waals surface area contributed by atoms with E-state index >= 15 is 0 Å². The van der Waals surface area contributed by atoms with Crippen molar-refractivity contribution in [2.45, 2.75) is 25.3 Å². The second-order valence-electron chi connectivity index (χ2n) is 4.01. The number of hydrogen-bond donors (Lipinski definition) is 2. The van der Waals surface area contributed by atoms with Crippen molar-refractivity contribution in [3.05, 3.63) is 42.0 Å². The summed E-state index contributed by atoms with van der Waals surface area (Å²) < 4.78 is 0. The zero-order valence-electron chi connectivity index (χ0n) is 9.02. The van der Waals surface area contributed by atoms with Gasteiger partial charge in [0.15, 0.2) is 0 Å². The van der Waals surface area contributed by atoms with E-state index in [-0.39, 0.29) is 17.7 Å². The van der Waals surface area contributed by atoms with E-state index in [4.69, 9.17) is 0 Å². The van der Waals surface area contributed by atoms with Crippen LogP contribution in [0.25, 0.3) is 0 Å². The molecule has 1 aromatic carbocycles. The molecule has 2 N–H and O–H groups in total. The summed E-state index contributed by atoms with van der Waals surface area (Å²) in [5.74, 6) is 0.00684. The molecule has 0 bridgehead atoms. The average molecular weight is 217 g/mol. The van der Waals surface area contributed by atoms with Crippen LogP contribution in [0.15, 0.2) is 36.4 Å². The highest BCUT2D eigenvalue weighted by molar-refractivity contribution is 5.94. The fourth-order valence-corrected chi connectivity index (χ4v) is 1.84. The molecular weight excluding hydrogens is 202 g/mol. The molecule has 0 spiro atoms. The van der Waals surface area contributed by atoms with Crippen LogP contribution in [0, 0.1) is 0 Å². The van der Waals surface area contributed by atoms with Gasteiger partial charge < -0.3 is 10.4 Å². The van der Waals surface area contributed by atoms with Crippen LogP contribution in [0.3, 0.4) is 0 Å². The van der Waals surface area contributed by atoms with Gasteiger partial charge in [0.05, 0.1) is 0 Å². The lowest BCUT2D eigenvalue weighted by atomic mass is 10.0. The van der Waals surface area contributed by atoms with Crippen molar-refractivity contribution in [2.75, 3.05) is 0 Å². The molecule has 0 fully saturated rings. The molecule has 0 saturated carbocycles. The number of phenols is 1. The highest BCUT2D eigenvalue weighted by Gasteiger charge is 2.14. The normalized spacial score (nSPS) is 19.4. The Bertz CT molecular complexity index is 412. The van der Waals surface area contributed by atoms with Gasteiger partial charge in [-0.2, -0.15) is 0 Å². The Labute approximate surface area is 94.8 Å². The second kappa shape index (κ2) is 4.84. The van der Waals surface area contributed by atoms with Crippen LogP contribution in [0.4, 0.5) is 0 Å². The summed E-state index contributed by atoms with van der Waals surface area (Å²) in [5, 5.41) is 12.2. The monoisotopic (exact) mass is 217 g/mol. The molecule has 1 aliphatic carbocycles. The quantitative estimate of drug-likeness (QED) is 0.746. The molecule has 1 aliphatic rings. The number of rotatable bonds is 2. The number of aromatic hydroxyl groups is 1. The summed E-state index contributed by atoms with van der Waals surface area (Å²) >= 11 is 0. The van der Waals surface area contributed by atoms with Crippen LogP contribution in [0.1, 0.15) is 29.6 Å². The van der Waals surface area contributed by atoms with Gasteiger partial charge in [-0.05, 0) is 37.5 Å². The molecule has 16 heavy (non-hydrogen) atoms. The predicted molar refractivity (Wildman–Crippen MR) is 62.4 cm³/mol. The van der Waals surface area contributed by atoms with Gasteiger partial charge in [0.1, 0.15) is 5.75 Å². The second-order valence-corrected chi connectivity index (χ2v) is 4.01. The highest BCUT2D eigenvalue weighted by atomic mass is 16.3. The minimum atomic E-state index is -0.115. The number of carbonyl (C=O) groups excluding carboxylic acids is 1. The third-order valence-electron chi connectivity index (χ3n) is 2.71. The smallest absolute Gasteiger partial charge is 0.251 e. The Kier molecular flexibility index (Phi) is 3.25. The minimum Gasteiger partial charge on any atom is -0.508 e. The van der Waals surface area contributed by atoms with Crippen LogP contribution in [-0.2, 0) is 0 Å². The van der Waals surface area contributed by atoms with Crippen molar-refractivity contribution in [3.63, 3.8) is 0 Å². The van der Waals surface area contributed by atoms with E-state index in [0.29, 0.717) is 5.56 Å². The van der Waals surface area contributed by atoms with Crippen molar-refractivity contribution in [1.29, 1.82) is 0 Å². The first kappa shape index (κ1) is 10.7. The fourth-order valence-electron chi connectivity index (χ4n) is 1.84. The van der Waals surface area contributed by atoms with Crippen molar-refractivity contribution < 1.29 is 9.90 Å². The number of phenolic OH excluding ortho intramolecular Hbond substituents is 1. The van der Waals surface area contributed by atoms with E-state index in [2.05, 4.69) is 17.5 Å². The number of carbonyl (C=O) groups is 1. The molecule has 3 nitrogen and oxygen atoms in total. The maximum absolute atomic E-state index is 11.8. The molecule has 0 saturated heterocycles. The zero-order valence-corrected chi connectivity index (χ0v) is 9.02. The molecule has 1 atom stereocenters. The first-order valence-corrected chi connectivity index (χ1v) is 5.50. The van der Waals surface area contributed by atoms with Gasteiger partial charge in [-0.1, -0.05) is 18.2 Å². The van der Waals surface area contributed by atoms with Gasteiger partial charge in [-0.25, -0.2) is 0 Å². The Morgan fingerprint density at radius 2 is 2.25 bits per heavy atom. The van der Waals surface area contributed by atoms with Gasteiger partial charge in [0.2, 0.25) is 0 Å². The topological polar surface area (TPSA) is 49.3 Å². The van der Waals surface area contributed by atoms with E-state index < -0.39 is 0 Å². The Balaban J connectivity index is 2.00. The molecule has 1 amide bonds. The third-order valence-corrected chi connectivity index (χ3v) is 2.71. The zero-order chi connectivity index (χ0) is 11.4. The molecule has 0 aromatic heterocycles. The largest absolute Gasteiger partial charge is 0.508 e. The Morgan fingerprint density at radius 3 is 2.94 bits per heavy atom. The van der Waals surface area contributed by atoms with Crippen molar-refractivity contribution in [3.8, 4) is 5.75 Å². The average Bonchev–Trinajstić information content (AvgIpc) is 2.30. The van der Waals surface area contributed by atoms with Gasteiger partial charge >= 0.3 is 0 Å². The molecular formula is C13H15NO2. The summed E-state index contributed by atoms with van der Waals surface area (Å²) in [6.45, 7) is 0. The molecule has 0 aliphatic heterocycles. The highest BCUT2D eigenvalue weighted by Crippen LogP contribution is 2.14. The Hall–Kier alpha value is -1.77. The van der Waals surface area contributed by atoms with Crippen LogP contribution >= 0.6 is 0 Å². The van der Waals surface area contributed by atoms with E-state index in [1.165, 1.54) is 6.07 Å². The van der Waals surface area contributed by atoms with Crippen molar-refractivity contribution in [2.24, 2.45) is 0 Å².